The van der Waals surface area contributed by atoms with Gasteiger partial charge in [-0.3, -0.25) is 9.59 Å². The van der Waals surface area contributed by atoms with Crippen LogP contribution in [0.25, 0.3) is 6.08 Å². The minimum Gasteiger partial charge on any atom is -0.490 e. The zero-order valence-electron chi connectivity index (χ0n) is 17.6. The second-order valence-corrected chi connectivity index (χ2v) is 8.88. The van der Waals surface area contributed by atoms with E-state index in [1.165, 1.54) is 12.1 Å². The average Bonchev–Trinajstić information content (AvgIpc) is 3.06. The van der Waals surface area contributed by atoms with E-state index in [9.17, 15) is 14.0 Å². The van der Waals surface area contributed by atoms with Crippen molar-refractivity contribution in [2.75, 3.05) is 11.5 Å². The fourth-order valence-electron chi connectivity index (χ4n) is 3.28. The zero-order chi connectivity index (χ0) is 23.4. The number of nitrogens with zero attached hydrogens (tertiary/aromatic N) is 1. The van der Waals surface area contributed by atoms with E-state index in [4.69, 9.17) is 9.47 Å². The van der Waals surface area contributed by atoms with E-state index >= 15 is 0 Å². The molecule has 3 aromatic carbocycles. The van der Waals surface area contributed by atoms with Crippen LogP contribution in [0.5, 0.6) is 11.5 Å². The van der Waals surface area contributed by atoms with Gasteiger partial charge in [0.05, 0.1) is 21.7 Å². The van der Waals surface area contributed by atoms with Crippen molar-refractivity contribution < 1.29 is 23.5 Å². The molecule has 0 saturated carbocycles. The first-order chi connectivity index (χ1) is 16.0. The number of thioether (sulfide) groups is 1. The summed E-state index contributed by atoms with van der Waals surface area (Å²) in [5.74, 6) is 0.226. The fourth-order valence-corrected chi connectivity index (χ4v) is 4.69. The van der Waals surface area contributed by atoms with Crippen molar-refractivity contribution in [1.82, 2.24) is 0 Å². The minimum atomic E-state index is -0.378. The molecule has 0 radical (unpaired) electrons. The van der Waals surface area contributed by atoms with Crippen LogP contribution in [0.15, 0.2) is 76.1 Å². The summed E-state index contributed by atoms with van der Waals surface area (Å²) in [4.78, 5) is 26.8. The number of amides is 2. The van der Waals surface area contributed by atoms with E-state index in [1.807, 2.05) is 13.0 Å². The van der Waals surface area contributed by atoms with Gasteiger partial charge in [-0.05, 0) is 88.2 Å². The largest absolute Gasteiger partial charge is 0.490 e. The van der Waals surface area contributed by atoms with E-state index < -0.39 is 0 Å². The maximum Gasteiger partial charge on any atom is 0.298 e. The monoisotopic (exact) mass is 527 g/mol. The van der Waals surface area contributed by atoms with Crippen molar-refractivity contribution in [3.8, 4) is 11.5 Å². The van der Waals surface area contributed by atoms with Gasteiger partial charge < -0.3 is 9.47 Å². The maximum absolute atomic E-state index is 13.5. The third kappa shape index (κ3) is 5.29. The second kappa shape index (κ2) is 10.2. The Hall–Kier alpha value is -3.10. The normalized spacial score (nSPS) is 14.8. The summed E-state index contributed by atoms with van der Waals surface area (Å²) >= 11 is 4.39. The average molecular weight is 528 g/mol. The van der Waals surface area contributed by atoms with Crippen LogP contribution in [0.2, 0.25) is 0 Å². The summed E-state index contributed by atoms with van der Waals surface area (Å²) in [6, 6.07) is 18.5. The van der Waals surface area contributed by atoms with E-state index in [0.717, 1.165) is 16.7 Å². The molecular weight excluding hydrogens is 509 g/mol. The van der Waals surface area contributed by atoms with Crippen molar-refractivity contribution in [2.24, 2.45) is 0 Å². The first-order valence-electron chi connectivity index (χ1n) is 10.1. The molecule has 1 aliphatic rings. The quantitative estimate of drug-likeness (QED) is 0.316. The molecule has 1 fully saturated rings. The van der Waals surface area contributed by atoms with E-state index in [-0.39, 0.29) is 23.6 Å². The van der Waals surface area contributed by atoms with Gasteiger partial charge in [0, 0.05) is 0 Å². The van der Waals surface area contributed by atoms with Gasteiger partial charge in [-0.2, -0.15) is 0 Å². The van der Waals surface area contributed by atoms with Crippen LogP contribution in [0.1, 0.15) is 18.1 Å². The second-order valence-electron chi connectivity index (χ2n) is 7.03. The summed E-state index contributed by atoms with van der Waals surface area (Å²) in [5.41, 5.74) is 1.88. The zero-order valence-corrected chi connectivity index (χ0v) is 20.0. The predicted molar refractivity (Wildman–Crippen MR) is 131 cm³/mol. The molecule has 3 aromatic rings. The standard InChI is InChI=1S/C25H19BrFNO4S/c1-2-31-21-13-17(12-20(26)23(21)32-15-16-7-6-8-18(27)11-16)14-22-24(29)28(25(30)33-22)19-9-4-3-5-10-19/h3-14H,2,15H2,1H3/b22-14-. The first kappa shape index (κ1) is 23.1. The van der Waals surface area contributed by atoms with Crippen LogP contribution in [-0.4, -0.2) is 17.8 Å². The Labute approximate surface area is 203 Å². The van der Waals surface area contributed by atoms with E-state index in [0.29, 0.717) is 44.3 Å². The van der Waals surface area contributed by atoms with Crippen LogP contribution in [0.3, 0.4) is 0 Å². The Kier molecular flexibility index (Phi) is 7.15. The van der Waals surface area contributed by atoms with Crippen LogP contribution in [-0.2, 0) is 11.4 Å². The molecule has 0 bridgehead atoms. The predicted octanol–water partition coefficient (Wildman–Crippen LogP) is 6.81. The molecule has 1 saturated heterocycles. The molecule has 4 rings (SSSR count). The van der Waals surface area contributed by atoms with Gasteiger partial charge in [0.2, 0.25) is 0 Å². The number of carbonyl (C=O) groups excluding carboxylic acids is 2. The van der Waals surface area contributed by atoms with Crippen LogP contribution in [0, 0.1) is 5.82 Å². The van der Waals surface area contributed by atoms with Gasteiger partial charge in [0.25, 0.3) is 11.1 Å². The van der Waals surface area contributed by atoms with Crippen molar-refractivity contribution >= 4 is 50.6 Å². The molecule has 5 nitrogen and oxygen atoms in total. The Balaban J connectivity index is 1.60. The Morgan fingerprint density at radius 2 is 1.82 bits per heavy atom. The van der Waals surface area contributed by atoms with Gasteiger partial charge in [0.1, 0.15) is 12.4 Å². The SMILES string of the molecule is CCOc1cc(/C=C2\SC(=O)N(c3ccccc3)C2=O)cc(Br)c1OCc1cccc(F)c1. The van der Waals surface area contributed by atoms with Gasteiger partial charge in [-0.25, -0.2) is 9.29 Å². The van der Waals surface area contributed by atoms with Crippen LogP contribution < -0.4 is 14.4 Å². The molecule has 8 heteroatoms. The van der Waals surface area contributed by atoms with Crippen LogP contribution in [0.4, 0.5) is 14.9 Å². The molecule has 168 valence electrons. The third-order valence-electron chi connectivity index (χ3n) is 4.71. The highest BCUT2D eigenvalue weighted by Gasteiger charge is 2.36. The number of benzene rings is 3. The lowest BCUT2D eigenvalue weighted by Gasteiger charge is -2.15. The van der Waals surface area contributed by atoms with Gasteiger partial charge in [-0.1, -0.05) is 30.3 Å². The molecule has 0 spiro atoms. The number of ether oxygens (including phenoxy) is 2. The van der Waals surface area contributed by atoms with E-state index in [1.54, 1.807) is 54.6 Å². The molecule has 0 aromatic heterocycles. The Morgan fingerprint density at radius 3 is 2.55 bits per heavy atom. The lowest BCUT2D eigenvalue weighted by atomic mass is 10.1. The van der Waals surface area contributed by atoms with Crippen molar-refractivity contribution in [3.63, 3.8) is 0 Å². The van der Waals surface area contributed by atoms with Crippen molar-refractivity contribution in [2.45, 2.75) is 13.5 Å². The van der Waals surface area contributed by atoms with Gasteiger partial charge >= 0.3 is 0 Å². The molecule has 0 N–H and O–H groups in total. The van der Waals surface area contributed by atoms with E-state index in [2.05, 4.69) is 15.9 Å². The molecule has 0 unspecified atom stereocenters. The summed E-state index contributed by atoms with van der Waals surface area (Å²) in [6.45, 7) is 2.41. The highest BCUT2D eigenvalue weighted by molar-refractivity contribution is 9.10. The molecule has 0 aliphatic carbocycles. The Morgan fingerprint density at radius 1 is 1.03 bits per heavy atom. The molecule has 2 amide bonds. The summed E-state index contributed by atoms with van der Waals surface area (Å²) in [5, 5.41) is -0.350. The third-order valence-corrected chi connectivity index (χ3v) is 6.17. The first-order valence-corrected chi connectivity index (χ1v) is 11.7. The number of carbonyl (C=O) groups is 2. The highest BCUT2D eigenvalue weighted by Crippen LogP contribution is 2.40. The smallest absolute Gasteiger partial charge is 0.298 e. The lowest BCUT2D eigenvalue weighted by molar-refractivity contribution is -0.113. The number of rotatable bonds is 7. The molecule has 1 heterocycles. The van der Waals surface area contributed by atoms with Crippen molar-refractivity contribution in [3.05, 3.63) is 93.1 Å². The number of halogens is 2. The topological polar surface area (TPSA) is 55.8 Å². The summed E-state index contributed by atoms with van der Waals surface area (Å²) < 4.78 is 25.7. The minimum absolute atomic E-state index is 0.158. The summed E-state index contributed by atoms with van der Waals surface area (Å²) in [7, 11) is 0. The maximum atomic E-state index is 13.5. The number of hydrogen-bond acceptors (Lipinski definition) is 5. The highest BCUT2D eigenvalue weighted by atomic mass is 79.9. The number of para-hydroxylation sites is 1. The Bertz CT molecular complexity index is 1230. The summed E-state index contributed by atoms with van der Waals surface area (Å²) in [6.07, 6.45) is 1.65. The number of imide groups is 1. The van der Waals surface area contributed by atoms with Gasteiger partial charge in [0.15, 0.2) is 11.5 Å². The molecule has 1 aliphatic heterocycles. The van der Waals surface area contributed by atoms with Crippen LogP contribution >= 0.6 is 27.7 Å². The molecule has 0 atom stereocenters. The molecular formula is C25H19BrFNO4S. The number of anilines is 1. The molecule has 33 heavy (non-hydrogen) atoms. The lowest BCUT2D eigenvalue weighted by Crippen LogP contribution is -2.27. The number of hydrogen-bond donors (Lipinski definition) is 0. The van der Waals surface area contributed by atoms with Gasteiger partial charge in [-0.15, -0.1) is 0 Å². The van der Waals surface area contributed by atoms with Crippen molar-refractivity contribution in [1.29, 1.82) is 0 Å². The fraction of sp³-hybridized carbons (Fsp3) is 0.120.